The van der Waals surface area contributed by atoms with Crippen LogP contribution in [0.1, 0.15) is 11.3 Å². The summed E-state index contributed by atoms with van der Waals surface area (Å²) in [5, 5.41) is 3.00. The number of aromatic nitrogens is 2. The maximum Gasteiger partial charge on any atom is 0.267 e. The van der Waals surface area contributed by atoms with Gasteiger partial charge in [0, 0.05) is 16.2 Å². The number of halogens is 1. The molecule has 2 rings (SSSR count). The van der Waals surface area contributed by atoms with Crippen molar-refractivity contribution in [3.63, 3.8) is 0 Å². The predicted octanol–water partition coefficient (Wildman–Crippen LogP) is 2.30. The van der Waals surface area contributed by atoms with E-state index in [2.05, 4.69) is 21.0 Å². The monoisotopic (exact) mass is 266 g/mol. The minimum atomic E-state index is 0.00692. The smallest absolute Gasteiger partial charge is 0.267 e. The second-order valence-corrected chi connectivity index (χ2v) is 4.41. The molecule has 3 nitrogen and oxygen atoms in total. The van der Waals surface area contributed by atoms with E-state index < -0.39 is 0 Å². The van der Waals surface area contributed by atoms with Crippen molar-refractivity contribution in [1.29, 1.82) is 0 Å². The van der Waals surface area contributed by atoms with Gasteiger partial charge in [-0.1, -0.05) is 28.1 Å². The molecule has 0 amide bonds. The highest BCUT2D eigenvalue weighted by molar-refractivity contribution is 9.10. The van der Waals surface area contributed by atoms with E-state index in [0.29, 0.717) is 6.54 Å². The number of benzene rings is 1. The summed E-state index contributed by atoms with van der Waals surface area (Å²) < 4.78 is 2.62. The SMILES string of the molecule is Cc1cc(=O)n(Cc2cccc(Br)c2)[nH]1. The lowest BCUT2D eigenvalue weighted by atomic mass is 10.2. The molecule has 2 aromatic rings. The molecule has 0 saturated heterocycles. The molecule has 0 bridgehead atoms. The van der Waals surface area contributed by atoms with E-state index in [1.165, 1.54) is 0 Å². The van der Waals surface area contributed by atoms with Gasteiger partial charge < -0.3 is 0 Å². The largest absolute Gasteiger partial charge is 0.300 e. The number of hydrogen-bond acceptors (Lipinski definition) is 1. The zero-order valence-corrected chi connectivity index (χ0v) is 9.91. The van der Waals surface area contributed by atoms with Crippen molar-refractivity contribution in [2.24, 2.45) is 0 Å². The van der Waals surface area contributed by atoms with Gasteiger partial charge in [-0.05, 0) is 24.6 Å². The van der Waals surface area contributed by atoms with Gasteiger partial charge in [-0.15, -0.1) is 0 Å². The molecule has 0 unspecified atom stereocenters. The highest BCUT2D eigenvalue weighted by atomic mass is 79.9. The molecule has 1 aromatic heterocycles. The number of H-pyrrole nitrogens is 1. The predicted molar refractivity (Wildman–Crippen MR) is 63.0 cm³/mol. The number of nitrogens with one attached hydrogen (secondary N) is 1. The third-order valence-corrected chi connectivity index (χ3v) is 2.64. The Morgan fingerprint density at radius 3 is 2.80 bits per heavy atom. The Balaban J connectivity index is 2.29. The van der Waals surface area contributed by atoms with Crippen molar-refractivity contribution in [3.05, 3.63) is 56.4 Å². The van der Waals surface area contributed by atoms with Crippen LogP contribution in [-0.4, -0.2) is 9.78 Å². The average Bonchev–Trinajstić information content (AvgIpc) is 2.45. The summed E-state index contributed by atoms with van der Waals surface area (Å²) in [7, 11) is 0. The standard InChI is InChI=1S/C11H11BrN2O/c1-8-5-11(15)14(13-8)7-9-3-2-4-10(12)6-9/h2-6,13H,7H2,1H3. The average molecular weight is 267 g/mol. The molecule has 78 valence electrons. The summed E-state index contributed by atoms with van der Waals surface area (Å²) in [5.41, 5.74) is 1.98. The van der Waals surface area contributed by atoms with E-state index in [1.807, 2.05) is 31.2 Å². The van der Waals surface area contributed by atoms with E-state index in [4.69, 9.17) is 0 Å². The quantitative estimate of drug-likeness (QED) is 0.890. The maximum absolute atomic E-state index is 11.4. The molecular weight excluding hydrogens is 256 g/mol. The van der Waals surface area contributed by atoms with Crippen LogP contribution in [0.2, 0.25) is 0 Å². The highest BCUT2D eigenvalue weighted by Crippen LogP contribution is 2.11. The first-order chi connectivity index (χ1) is 7.15. The van der Waals surface area contributed by atoms with E-state index in [9.17, 15) is 4.79 Å². The Morgan fingerprint density at radius 1 is 1.40 bits per heavy atom. The number of aromatic amines is 1. The molecule has 1 N–H and O–H groups in total. The van der Waals surface area contributed by atoms with Gasteiger partial charge in [0.05, 0.1) is 6.54 Å². The Morgan fingerprint density at radius 2 is 2.20 bits per heavy atom. The highest BCUT2D eigenvalue weighted by Gasteiger charge is 2.00. The summed E-state index contributed by atoms with van der Waals surface area (Å²) in [6.45, 7) is 2.45. The first-order valence-corrected chi connectivity index (χ1v) is 5.45. The second kappa shape index (κ2) is 4.06. The summed E-state index contributed by atoms with van der Waals surface area (Å²) in [6.07, 6.45) is 0. The zero-order valence-electron chi connectivity index (χ0n) is 8.33. The van der Waals surface area contributed by atoms with Crippen molar-refractivity contribution in [1.82, 2.24) is 9.78 Å². The van der Waals surface area contributed by atoms with Gasteiger partial charge in [0.25, 0.3) is 5.56 Å². The molecule has 0 aliphatic carbocycles. The Kier molecular flexibility index (Phi) is 2.77. The van der Waals surface area contributed by atoms with Crippen LogP contribution in [0.25, 0.3) is 0 Å². The molecule has 0 radical (unpaired) electrons. The van der Waals surface area contributed by atoms with Crippen LogP contribution in [-0.2, 0) is 6.54 Å². The minimum absolute atomic E-state index is 0.00692. The second-order valence-electron chi connectivity index (χ2n) is 3.49. The van der Waals surface area contributed by atoms with Gasteiger partial charge in [-0.3, -0.25) is 9.89 Å². The van der Waals surface area contributed by atoms with Crippen LogP contribution < -0.4 is 5.56 Å². The van der Waals surface area contributed by atoms with Gasteiger partial charge in [-0.25, -0.2) is 4.68 Å². The van der Waals surface area contributed by atoms with Crippen LogP contribution in [0.5, 0.6) is 0 Å². The Bertz CT molecular complexity index is 527. The van der Waals surface area contributed by atoms with Gasteiger partial charge in [-0.2, -0.15) is 0 Å². The molecular formula is C11H11BrN2O. The molecule has 0 atom stereocenters. The minimum Gasteiger partial charge on any atom is -0.300 e. The van der Waals surface area contributed by atoms with Gasteiger partial charge in [0.1, 0.15) is 0 Å². The third kappa shape index (κ3) is 2.39. The van der Waals surface area contributed by atoms with E-state index in [0.717, 1.165) is 15.7 Å². The topological polar surface area (TPSA) is 37.8 Å². The normalized spacial score (nSPS) is 10.5. The van der Waals surface area contributed by atoms with E-state index in [1.54, 1.807) is 10.7 Å². The van der Waals surface area contributed by atoms with Crippen LogP contribution in [0, 0.1) is 6.92 Å². The number of rotatable bonds is 2. The van der Waals surface area contributed by atoms with Crippen LogP contribution in [0.4, 0.5) is 0 Å². The molecule has 0 aliphatic rings. The fourth-order valence-electron chi connectivity index (χ4n) is 1.50. The lowest BCUT2D eigenvalue weighted by Crippen LogP contribution is -2.16. The van der Waals surface area contributed by atoms with Gasteiger partial charge in [0.15, 0.2) is 0 Å². The van der Waals surface area contributed by atoms with Crippen molar-refractivity contribution >= 4 is 15.9 Å². The Labute approximate surface area is 95.9 Å². The molecule has 0 saturated carbocycles. The van der Waals surface area contributed by atoms with E-state index in [-0.39, 0.29) is 5.56 Å². The molecule has 4 heteroatoms. The van der Waals surface area contributed by atoms with Crippen LogP contribution in [0.3, 0.4) is 0 Å². The number of aryl methyl sites for hydroxylation is 1. The lowest BCUT2D eigenvalue weighted by Gasteiger charge is -2.02. The van der Waals surface area contributed by atoms with Crippen LogP contribution in [0.15, 0.2) is 39.6 Å². The van der Waals surface area contributed by atoms with Gasteiger partial charge in [0.2, 0.25) is 0 Å². The first kappa shape index (κ1) is 10.2. The fraction of sp³-hybridized carbons (Fsp3) is 0.182. The maximum atomic E-state index is 11.4. The van der Waals surface area contributed by atoms with E-state index >= 15 is 0 Å². The zero-order chi connectivity index (χ0) is 10.8. The lowest BCUT2D eigenvalue weighted by molar-refractivity contribution is 0.657. The molecule has 1 heterocycles. The number of hydrogen-bond donors (Lipinski definition) is 1. The van der Waals surface area contributed by atoms with Crippen molar-refractivity contribution in [2.45, 2.75) is 13.5 Å². The third-order valence-electron chi connectivity index (χ3n) is 2.15. The van der Waals surface area contributed by atoms with Crippen molar-refractivity contribution in [3.8, 4) is 0 Å². The van der Waals surface area contributed by atoms with Crippen molar-refractivity contribution in [2.75, 3.05) is 0 Å². The molecule has 0 aliphatic heterocycles. The molecule has 15 heavy (non-hydrogen) atoms. The molecule has 1 aromatic carbocycles. The van der Waals surface area contributed by atoms with Crippen LogP contribution >= 0.6 is 15.9 Å². The summed E-state index contributed by atoms with van der Waals surface area (Å²) >= 11 is 3.40. The van der Waals surface area contributed by atoms with Gasteiger partial charge >= 0.3 is 0 Å². The molecule has 0 fully saturated rings. The Hall–Kier alpha value is -1.29. The summed E-state index contributed by atoms with van der Waals surface area (Å²) in [5.74, 6) is 0. The fourth-order valence-corrected chi connectivity index (χ4v) is 1.95. The number of nitrogens with zero attached hydrogens (tertiary/aromatic N) is 1. The molecule has 0 spiro atoms. The first-order valence-electron chi connectivity index (χ1n) is 4.66. The summed E-state index contributed by atoms with van der Waals surface area (Å²) in [4.78, 5) is 11.4. The van der Waals surface area contributed by atoms with Crippen molar-refractivity contribution < 1.29 is 0 Å². The summed E-state index contributed by atoms with van der Waals surface area (Å²) in [6, 6.07) is 9.51.